The number of carbonyl (C=O) groups is 1. The molecule has 0 bridgehead atoms. The molecule has 6 heteroatoms. The second-order valence-corrected chi connectivity index (χ2v) is 6.40. The molecule has 0 aromatic heterocycles. The van der Waals surface area contributed by atoms with Gasteiger partial charge in [-0.05, 0) is 42.8 Å². The number of fused-ring (bicyclic) bond motifs is 1. The predicted octanol–water partition coefficient (Wildman–Crippen LogP) is 3.51. The van der Waals surface area contributed by atoms with Gasteiger partial charge in [0.25, 0.3) is 0 Å². The molecule has 1 aliphatic rings. The first kappa shape index (κ1) is 19.6. The average molecular weight is 383 g/mol. The van der Waals surface area contributed by atoms with Gasteiger partial charge >= 0.3 is 5.97 Å². The van der Waals surface area contributed by atoms with E-state index in [-0.39, 0.29) is 11.9 Å². The summed E-state index contributed by atoms with van der Waals surface area (Å²) < 4.78 is 22.0. The minimum atomic E-state index is -0.499. The van der Waals surface area contributed by atoms with E-state index >= 15 is 0 Å². The zero-order valence-corrected chi connectivity index (χ0v) is 16.4. The lowest BCUT2D eigenvalue weighted by atomic mass is 10.2. The summed E-state index contributed by atoms with van der Waals surface area (Å²) in [6.07, 6.45) is 1.60. The molecule has 0 fully saturated rings. The Morgan fingerprint density at radius 2 is 1.96 bits per heavy atom. The van der Waals surface area contributed by atoms with Crippen LogP contribution in [0.3, 0.4) is 0 Å². The van der Waals surface area contributed by atoms with Crippen LogP contribution >= 0.6 is 0 Å². The fraction of sp³-hybridized carbons (Fsp3) is 0.318. The molecule has 1 atom stereocenters. The molecule has 0 aliphatic carbocycles. The van der Waals surface area contributed by atoms with Crippen LogP contribution in [0.4, 0.5) is 5.69 Å². The molecule has 1 aliphatic heterocycles. The van der Waals surface area contributed by atoms with Gasteiger partial charge in [0.15, 0.2) is 0 Å². The molecule has 2 aromatic carbocycles. The van der Waals surface area contributed by atoms with Crippen molar-refractivity contribution in [2.24, 2.45) is 0 Å². The van der Waals surface area contributed by atoms with Crippen LogP contribution in [0.5, 0.6) is 11.5 Å². The molecule has 0 spiro atoms. The quantitative estimate of drug-likeness (QED) is 0.414. The summed E-state index contributed by atoms with van der Waals surface area (Å²) >= 11 is 0. The molecule has 148 valence electrons. The van der Waals surface area contributed by atoms with Crippen LogP contribution in [-0.2, 0) is 14.3 Å². The van der Waals surface area contributed by atoms with Gasteiger partial charge in [0.2, 0.25) is 5.76 Å². The molecular weight excluding hydrogens is 358 g/mol. The van der Waals surface area contributed by atoms with Gasteiger partial charge in [-0.25, -0.2) is 4.79 Å². The van der Waals surface area contributed by atoms with Crippen LogP contribution in [-0.4, -0.2) is 46.0 Å². The van der Waals surface area contributed by atoms with E-state index in [2.05, 4.69) is 4.90 Å². The second-order valence-electron chi connectivity index (χ2n) is 6.40. The van der Waals surface area contributed by atoms with Crippen molar-refractivity contribution in [3.8, 4) is 11.5 Å². The van der Waals surface area contributed by atoms with Gasteiger partial charge in [-0.3, -0.25) is 0 Å². The van der Waals surface area contributed by atoms with Crippen molar-refractivity contribution in [3.63, 3.8) is 0 Å². The van der Waals surface area contributed by atoms with Crippen molar-refractivity contribution in [1.29, 1.82) is 0 Å². The van der Waals surface area contributed by atoms with Crippen molar-refractivity contribution in [2.45, 2.75) is 13.0 Å². The van der Waals surface area contributed by atoms with E-state index in [0.717, 1.165) is 29.3 Å². The number of ether oxygens (including phenoxy) is 4. The van der Waals surface area contributed by atoms with Gasteiger partial charge in [0.05, 0.1) is 25.9 Å². The topological polar surface area (TPSA) is 57.2 Å². The van der Waals surface area contributed by atoms with Crippen molar-refractivity contribution in [1.82, 2.24) is 0 Å². The van der Waals surface area contributed by atoms with Crippen LogP contribution in [0.2, 0.25) is 0 Å². The van der Waals surface area contributed by atoms with E-state index in [0.29, 0.717) is 13.2 Å². The van der Waals surface area contributed by atoms with Gasteiger partial charge in [-0.15, -0.1) is 0 Å². The van der Waals surface area contributed by atoms with Crippen LogP contribution in [0, 0.1) is 0 Å². The van der Waals surface area contributed by atoms with E-state index in [1.54, 1.807) is 6.08 Å². The maximum absolute atomic E-state index is 11.7. The molecule has 1 unspecified atom stereocenters. The first-order valence-electron chi connectivity index (χ1n) is 9.23. The summed E-state index contributed by atoms with van der Waals surface area (Å²) in [6, 6.07) is 15.4. The molecule has 1 heterocycles. The fourth-order valence-corrected chi connectivity index (χ4v) is 3.00. The van der Waals surface area contributed by atoms with Crippen molar-refractivity contribution >= 4 is 17.7 Å². The van der Waals surface area contributed by atoms with Gasteiger partial charge in [0, 0.05) is 7.05 Å². The van der Waals surface area contributed by atoms with Crippen molar-refractivity contribution in [2.75, 3.05) is 38.8 Å². The first-order valence-corrected chi connectivity index (χ1v) is 9.23. The maximum atomic E-state index is 11.7. The maximum Gasteiger partial charge on any atom is 0.373 e. The van der Waals surface area contributed by atoms with E-state index < -0.39 is 5.97 Å². The molecule has 0 N–H and O–H groups in total. The number of nitrogens with zero attached hydrogens (tertiary/aromatic N) is 1. The molecule has 0 amide bonds. The Labute approximate surface area is 165 Å². The molecule has 0 saturated carbocycles. The zero-order chi connectivity index (χ0) is 19.9. The highest BCUT2D eigenvalue weighted by molar-refractivity contribution is 5.91. The van der Waals surface area contributed by atoms with Crippen LogP contribution in [0.15, 0.2) is 54.3 Å². The zero-order valence-electron chi connectivity index (χ0n) is 16.4. The number of esters is 1. The number of hydrogen-bond donors (Lipinski definition) is 0. The summed E-state index contributed by atoms with van der Waals surface area (Å²) in [5.41, 5.74) is 1.91. The summed E-state index contributed by atoms with van der Waals surface area (Å²) in [5, 5.41) is 0. The number of likely N-dealkylation sites (N-methyl/N-ethyl adjacent to an activating group) is 1. The van der Waals surface area contributed by atoms with Crippen molar-refractivity contribution in [3.05, 3.63) is 59.9 Å². The lowest BCUT2D eigenvalue weighted by Gasteiger charge is -2.33. The van der Waals surface area contributed by atoms with Crippen molar-refractivity contribution < 1.29 is 23.7 Å². The molecule has 2 aromatic rings. The molecular formula is C22H25NO5. The van der Waals surface area contributed by atoms with E-state index in [9.17, 15) is 4.79 Å². The highest BCUT2D eigenvalue weighted by atomic mass is 16.6. The number of benzene rings is 2. The standard InChI is InChI=1S/C22H25NO5/c1-4-26-21(22(24)25-3)13-16-9-11-17(12-10-16)27-15-18-14-23(2)19-7-5-6-8-20(19)28-18/h5-13,18H,4,14-15H2,1-3H3. The van der Waals surface area contributed by atoms with Gasteiger partial charge in [0.1, 0.15) is 24.2 Å². The lowest BCUT2D eigenvalue weighted by molar-refractivity contribution is -0.139. The monoisotopic (exact) mass is 383 g/mol. The summed E-state index contributed by atoms with van der Waals surface area (Å²) in [7, 11) is 3.38. The van der Waals surface area contributed by atoms with Crippen LogP contribution < -0.4 is 14.4 Å². The molecule has 0 saturated heterocycles. The molecule has 3 rings (SSSR count). The smallest absolute Gasteiger partial charge is 0.373 e. The van der Waals surface area contributed by atoms with Crippen LogP contribution in [0.25, 0.3) is 6.08 Å². The number of anilines is 1. The minimum absolute atomic E-state index is 0.0525. The number of hydrogen-bond acceptors (Lipinski definition) is 6. The Bertz CT molecular complexity index is 831. The highest BCUT2D eigenvalue weighted by Gasteiger charge is 2.23. The number of methoxy groups -OCH3 is 1. The third-order valence-electron chi connectivity index (χ3n) is 4.35. The summed E-state index contributed by atoms with van der Waals surface area (Å²) in [6.45, 7) is 3.41. The predicted molar refractivity (Wildman–Crippen MR) is 108 cm³/mol. The van der Waals surface area contributed by atoms with E-state index in [4.69, 9.17) is 18.9 Å². The minimum Gasteiger partial charge on any atom is -0.490 e. The van der Waals surface area contributed by atoms with Gasteiger partial charge in [-0.2, -0.15) is 0 Å². The molecule has 0 radical (unpaired) electrons. The Morgan fingerprint density at radius 3 is 2.68 bits per heavy atom. The summed E-state index contributed by atoms with van der Waals surface area (Å²) in [5.74, 6) is 1.28. The SMILES string of the molecule is CCOC(=Cc1ccc(OCC2CN(C)c3ccccc3O2)cc1)C(=O)OC. The van der Waals surface area contributed by atoms with Crippen LogP contribution in [0.1, 0.15) is 12.5 Å². The molecule has 28 heavy (non-hydrogen) atoms. The highest BCUT2D eigenvalue weighted by Crippen LogP contribution is 2.32. The Hall–Kier alpha value is -3.15. The Balaban J connectivity index is 1.60. The van der Waals surface area contributed by atoms with Gasteiger partial charge in [-0.1, -0.05) is 24.3 Å². The number of carbonyl (C=O) groups excluding carboxylic acids is 1. The second kappa shape index (κ2) is 9.17. The Kier molecular flexibility index (Phi) is 6.42. The van der Waals surface area contributed by atoms with E-state index in [1.165, 1.54) is 7.11 Å². The fourth-order valence-electron chi connectivity index (χ4n) is 3.00. The lowest BCUT2D eigenvalue weighted by Crippen LogP contribution is -2.41. The third kappa shape index (κ3) is 4.76. The normalized spacial score (nSPS) is 16.0. The molecule has 6 nitrogen and oxygen atoms in total. The third-order valence-corrected chi connectivity index (χ3v) is 4.35. The van der Waals surface area contributed by atoms with Gasteiger partial charge < -0.3 is 23.8 Å². The average Bonchev–Trinajstić information content (AvgIpc) is 2.72. The largest absolute Gasteiger partial charge is 0.490 e. The number of rotatable bonds is 7. The Morgan fingerprint density at radius 1 is 1.21 bits per heavy atom. The first-order chi connectivity index (χ1) is 13.6. The van der Waals surface area contributed by atoms with E-state index in [1.807, 2.05) is 62.5 Å². The summed E-state index contributed by atoms with van der Waals surface area (Å²) in [4.78, 5) is 13.9. The number of para-hydroxylation sites is 2.